The molecular formula is C27H22FN3O4. The van der Waals surface area contributed by atoms with E-state index in [9.17, 15) is 19.1 Å². The summed E-state index contributed by atoms with van der Waals surface area (Å²) in [5.74, 6) is -1.28. The Labute approximate surface area is 199 Å². The summed E-state index contributed by atoms with van der Waals surface area (Å²) in [5, 5.41) is 18.0. The molecule has 0 aliphatic rings. The van der Waals surface area contributed by atoms with Crippen molar-refractivity contribution in [1.82, 2.24) is 9.78 Å². The van der Waals surface area contributed by atoms with Gasteiger partial charge in [0.15, 0.2) is 5.43 Å². The lowest BCUT2D eigenvalue weighted by atomic mass is 10.00. The van der Waals surface area contributed by atoms with Gasteiger partial charge in [-0.3, -0.25) is 9.48 Å². The van der Waals surface area contributed by atoms with Crippen molar-refractivity contribution >= 4 is 33.5 Å². The molecule has 8 heteroatoms. The summed E-state index contributed by atoms with van der Waals surface area (Å²) in [5.41, 5.74) is 2.67. The predicted molar refractivity (Wildman–Crippen MR) is 132 cm³/mol. The van der Waals surface area contributed by atoms with Crippen LogP contribution in [0.3, 0.4) is 0 Å². The summed E-state index contributed by atoms with van der Waals surface area (Å²) in [4.78, 5) is 24.9. The van der Waals surface area contributed by atoms with Gasteiger partial charge in [0.2, 0.25) is 0 Å². The number of carboxylic acid groups (broad SMARTS) is 1. The van der Waals surface area contributed by atoms with Crippen LogP contribution in [0.2, 0.25) is 0 Å². The second kappa shape index (κ2) is 8.39. The van der Waals surface area contributed by atoms with Crippen LogP contribution in [0.1, 0.15) is 34.5 Å². The zero-order valence-electron chi connectivity index (χ0n) is 19.3. The van der Waals surface area contributed by atoms with Gasteiger partial charge in [-0.05, 0) is 56.3 Å². The number of nitrogens with one attached hydrogen (secondary N) is 1. The number of hydrogen-bond donors (Lipinski definition) is 2. The quantitative estimate of drug-likeness (QED) is 0.343. The maximum absolute atomic E-state index is 14.6. The van der Waals surface area contributed by atoms with Gasteiger partial charge in [-0.25, -0.2) is 9.18 Å². The Kier molecular flexibility index (Phi) is 5.36. The van der Waals surface area contributed by atoms with Gasteiger partial charge in [0.05, 0.1) is 22.5 Å². The minimum atomic E-state index is -1.08. The minimum absolute atomic E-state index is 0.0859. The first-order chi connectivity index (χ1) is 16.7. The van der Waals surface area contributed by atoms with Crippen LogP contribution in [0, 0.1) is 12.7 Å². The molecule has 3 aromatic carbocycles. The third-order valence-electron chi connectivity index (χ3n) is 6.09. The van der Waals surface area contributed by atoms with E-state index < -0.39 is 17.8 Å². The van der Waals surface area contributed by atoms with Crippen molar-refractivity contribution < 1.29 is 18.7 Å². The Hall–Kier alpha value is -4.46. The van der Waals surface area contributed by atoms with Gasteiger partial charge < -0.3 is 14.8 Å². The number of halogens is 1. The second-order valence-corrected chi connectivity index (χ2v) is 8.55. The van der Waals surface area contributed by atoms with Gasteiger partial charge in [-0.1, -0.05) is 12.1 Å². The Morgan fingerprint density at radius 2 is 1.94 bits per heavy atom. The lowest BCUT2D eigenvalue weighted by molar-refractivity contribution is 0.0698. The lowest BCUT2D eigenvalue weighted by Gasteiger charge is -2.19. The SMILES string of the molecule is Cc1c(-c2ccc3nn(C)cc3c2)oc2c(C(C)Nc3ccccc3C(=O)O)cc(F)cc2c1=O. The van der Waals surface area contributed by atoms with E-state index in [0.29, 0.717) is 28.1 Å². The first-order valence-corrected chi connectivity index (χ1v) is 11.0. The highest BCUT2D eigenvalue weighted by Gasteiger charge is 2.21. The molecule has 1 atom stereocenters. The summed E-state index contributed by atoms with van der Waals surface area (Å²) >= 11 is 0. The highest BCUT2D eigenvalue weighted by atomic mass is 19.1. The number of hydrogen-bond acceptors (Lipinski definition) is 5. The van der Waals surface area contributed by atoms with Crippen molar-refractivity contribution in [2.45, 2.75) is 19.9 Å². The van der Waals surface area contributed by atoms with Gasteiger partial charge in [0, 0.05) is 41.0 Å². The maximum Gasteiger partial charge on any atom is 0.337 e. The second-order valence-electron chi connectivity index (χ2n) is 8.55. The molecule has 5 aromatic rings. The van der Waals surface area contributed by atoms with E-state index in [1.165, 1.54) is 18.2 Å². The number of aromatic nitrogens is 2. The normalized spacial score (nSPS) is 12.2. The highest BCUT2D eigenvalue weighted by molar-refractivity contribution is 5.94. The molecule has 0 aliphatic heterocycles. The van der Waals surface area contributed by atoms with Crippen LogP contribution in [0.4, 0.5) is 10.1 Å². The Balaban J connectivity index is 1.68. The number of benzene rings is 3. The topological polar surface area (TPSA) is 97.4 Å². The van der Waals surface area contributed by atoms with Crippen LogP contribution >= 0.6 is 0 Å². The van der Waals surface area contributed by atoms with Crippen molar-refractivity contribution in [3.63, 3.8) is 0 Å². The lowest BCUT2D eigenvalue weighted by Crippen LogP contribution is -2.14. The predicted octanol–water partition coefficient (Wildman–Crippen LogP) is 5.67. The number of aromatic carboxylic acids is 1. The van der Waals surface area contributed by atoms with Crippen molar-refractivity contribution in [3.05, 3.63) is 93.5 Å². The average Bonchev–Trinajstić information content (AvgIpc) is 3.20. The van der Waals surface area contributed by atoms with Crippen LogP contribution in [0.5, 0.6) is 0 Å². The monoisotopic (exact) mass is 471 g/mol. The molecular weight excluding hydrogens is 449 g/mol. The number of anilines is 1. The molecule has 0 spiro atoms. The number of para-hydroxylation sites is 1. The number of carboxylic acids is 1. The molecule has 5 rings (SSSR count). The molecule has 0 radical (unpaired) electrons. The van der Waals surface area contributed by atoms with Crippen LogP contribution in [-0.2, 0) is 7.05 Å². The third kappa shape index (κ3) is 3.93. The van der Waals surface area contributed by atoms with E-state index in [4.69, 9.17) is 4.42 Å². The largest absolute Gasteiger partial charge is 0.478 e. The number of nitrogens with zero attached hydrogens (tertiary/aromatic N) is 2. The van der Waals surface area contributed by atoms with E-state index in [1.54, 1.807) is 36.7 Å². The zero-order chi connectivity index (χ0) is 24.9. The fraction of sp³-hybridized carbons (Fsp3) is 0.148. The zero-order valence-corrected chi connectivity index (χ0v) is 19.3. The molecule has 0 saturated carbocycles. The number of aryl methyl sites for hydroxylation is 1. The van der Waals surface area contributed by atoms with Crippen molar-refractivity contribution in [3.8, 4) is 11.3 Å². The fourth-order valence-electron chi connectivity index (χ4n) is 4.37. The molecule has 0 fully saturated rings. The molecule has 0 bridgehead atoms. The molecule has 0 amide bonds. The van der Waals surface area contributed by atoms with Crippen LogP contribution in [0.25, 0.3) is 33.2 Å². The standard InChI is InChI=1S/C27H22FN3O4/c1-14-24(32)21-12-18(28)11-20(15(2)29-23-7-5-4-6-19(23)27(33)34)26(21)35-25(14)16-8-9-22-17(10-16)13-31(3)30-22/h4-13,15,29H,1-3H3,(H,33,34). The molecule has 2 heterocycles. The first kappa shape index (κ1) is 22.3. The van der Waals surface area contributed by atoms with Crippen molar-refractivity contribution in [2.75, 3.05) is 5.32 Å². The summed E-state index contributed by atoms with van der Waals surface area (Å²) < 4.78 is 22.6. The van der Waals surface area contributed by atoms with Crippen LogP contribution in [-0.4, -0.2) is 20.9 Å². The number of fused-ring (bicyclic) bond motifs is 2. The molecule has 2 aromatic heterocycles. The molecule has 7 nitrogen and oxygen atoms in total. The smallest absolute Gasteiger partial charge is 0.337 e. The average molecular weight is 471 g/mol. The van der Waals surface area contributed by atoms with Gasteiger partial charge in [0.25, 0.3) is 0 Å². The first-order valence-electron chi connectivity index (χ1n) is 11.0. The molecule has 0 aliphatic carbocycles. The summed E-state index contributed by atoms with van der Waals surface area (Å²) in [6.07, 6.45) is 1.88. The van der Waals surface area contributed by atoms with E-state index in [1.807, 2.05) is 31.4 Å². The number of carbonyl (C=O) groups is 1. The third-order valence-corrected chi connectivity index (χ3v) is 6.09. The van der Waals surface area contributed by atoms with E-state index in [0.717, 1.165) is 10.9 Å². The van der Waals surface area contributed by atoms with Crippen LogP contribution in [0.15, 0.2) is 70.0 Å². The minimum Gasteiger partial charge on any atom is -0.478 e. The Morgan fingerprint density at radius 3 is 2.71 bits per heavy atom. The molecule has 1 unspecified atom stereocenters. The summed E-state index contributed by atoms with van der Waals surface area (Å²) in [7, 11) is 1.83. The van der Waals surface area contributed by atoms with Crippen LogP contribution < -0.4 is 10.7 Å². The van der Waals surface area contributed by atoms with Crippen molar-refractivity contribution in [2.24, 2.45) is 7.05 Å². The summed E-state index contributed by atoms with van der Waals surface area (Å²) in [6, 6.07) is 14.0. The van der Waals surface area contributed by atoms with E-state index in [2.05, 4.69) is 10.4 Å². The van der Waals surface area contributed by atoms with E-state index in [-0.39, 0.29) is 22.0 Å². The molecule has 2 N–H and O–H groups in total. The molecule has 176 valence electrons. The molecule has 35 heavy (non-hydrogen) atoms. The van der Waals surface area contributed by atoms with Gasteiger partial charge in [-0.15, -0.1) is 0 Å². The maximum atomic E-state index is 14.6. The van der Waals surface area contributed by atoms with Gasteiger partial charge in [-0.2, -0.15) is 5.10 Å². The fourth-order valence-corrected chi connectivity index (χ4v) is 4.37. The highest BCUT2D eigenvalue weighted by Crippen LogP contribution is 2.33. The van der Waals surface area contributed by atoms with Gasteiger partial charge >= 0.3 is 5.97 Å². The number of rotatable bonds is 5. The van der Waals surface area contributed by atoms with E-state index >= 15 is 0 Å². The Morgan fingerprint density at radius 1 is 1.17 bits per heavy atom. The Bertz CT molecular complexity index is 1690. The van der Waals surface area contributed by atoms with Crippen molar-refractivity contribution in [1.29, 1.82) is 0 Å². The van der Waals surface area contributed by atoms with Gasteiger partial charge in [0.1, 0.15) is 17.2 Å². The summed E-state index contributed by atoms with van der Waals surface area (Å²) in [6.45, 7) is 3.41. The molecule has 0 saturated heterocycles.